The molecule has 22 heavy (non-hydrogen) atoms. The molecule has 1 aromatic carbocycles. The molecule has 2 aliphatic heterocycles. The van der Waals surface area contributed by atoms with E-state index in [1.54, 1.807) is 7.11 Å². The van der Waals surface area contributed by atoms with Crippen molar-refractivity contribution in [3.63, 3.8) is 0 Å². The minimum Gasteiger partial charge on any atom is -0.497 e. The summed E-state index contributed by atoms with van der Waals surface area (Å²) in [5, 5.41) is 2.39. The van der Waals surface area contributed by atoms with Gasteiger partial charge in [-0.2, -0.15) is 0 Å². The van der Waals surface area contributed by atoms with E-state index in [9.17, 15) is 4.79 Å². The molecule has 4 heteroatoms. The number of fused-ring (bicyclic) bond motifs is 4. The number of rotatable bonds is 2. The van der Waals surface area contributed by atoms with Crippen molar-refractivity contribution in [2.45, 2.75) is 18.9 Å². The monoisotopic (exact) mass is 297 g/mol. The van der Waals surface area contributed by atoms with E-state index in [1.807, 2.05) is 34.9 Å². The third kappa shape index (κ3) is 2.15. The number of ether oxygens (including phenoxy) is 1. The molecule has 1 fully saturated rings. The van der Waals surface area contributed by atoms with Gasteiger partial charge in [0.15, 0.2) is 0 Å². The van der Waals surface area contributed by atoms with E-state index in [1.165, 1.54) is 12.1 Å². The lowest BCUT2D eigenvalue weighted by molar-refractivity contribution is -0.673. The van der Waals surface area contributed by atoms with Crippen LogP contribution >= 0.6 is 0 Å². The molecule has 0 aliphatic carbocycles. The predicted octanol–water partition coefficient (Wildman–Crippen LogP) is 1.20. The van der Waals surface area contributed by atoms with Crippen molar-refractivity contribution < 1.29 is 10.1 Å². The topological polar surface area (TPSA) is 47.8 Å². The van der Waals surface area contributed by atoms with Crippen molar-refractivity contribution in [2.75, 3.05) is 20.2 Å². The Labute approximate surface area is 129 Å². The fourth-order valence-electron chi connectivity index (χ4n) is 3.90. The molecule has 2 atom stereocenters. The van der Waals surface area contributed by atoms with Gasteiger partial charge >= 0.3 is 0 Å². The third-order valence-electron chi connectivity index (χ3n) is 5.04. The molecule has 2 N–H and O–H groups in total. The van der Waals surface area contributed by atoms with Crippen LogP contribution in [-0.4, -0.2) is 24.8 Å². The molecular weight excluding hydrogens is 276 g/mol. The van der Waals surface area contributed by atoms with E-state index < -0.39 is 0 Å². The summed E-state index contributed by atoms with van der Waals surface area (Å²) in [7, 11) is 1.65. The molecule has 0 spiro atoms. The summed E-state index contributed by atoms with van der Waals surface area (Å²) >= 11 is 0. The van der Waals surface area contributed by atoms with Crippen LogP contribution < -0.4 is 15.6 Å². The first-order valence-electron chi connectivity index (χ1n) is 7.96. The Kier molecular flexibility index (Phi) is 3.26. The maximum atomic E-state index is 12.9. The summed E-state index contributed by atoms with van der Waals surface area (Å²) in [6, 6.07) is 11.9. The van der Waals surface area contributed by atoms with Crippen molar-refractivity contribution in [2.24, 2.45) is 5.92 Å². The number of hydrogen-bond acceptors (Lipinski definition) is 2. The molecular formula is C18H21N2O2+. The van der Waals surface area contributed by atoms with Gasteiger partial charge in [-0.15, -0.1) is 0 Å². The molecule has 1 aromatic heterocycles. The van der Waals surface area contributed by atoms with Gasteiger partial charge in [0.1, 0.15) is 5.75 Å². The van der Waals surface area contributed by atoms with Gasteiger partial charge in [-0.1, -0.05) is 12.1 Å². The number of benzene rings is 1. The van der Waals surface area contributed by atoms with Crippen LogP contribution in [0.15, 0.2) is 41.2 Å². The first-order valence-corrected chi connectivity index (χ1v) is 7.96. The molecule has 3 heterocycles. The van der Waals surface area contributed by atoms with Gasteiger partial charge < -0.3 is 14.6 Å². The zero-order valence-corrected chi connectivity index (χ0v) is 12.8. The van der Waals surface area contributed by atoms with Crippen LogP contribution in [0.4, 0.5) is 0 Å². The van der Waals surface area contributed by atoms with Crippen molar-refractivity contribution in [3.8, 4) is 16.9 Å². The van der Waals surface area contributed by atoms with E-state index in [0.717, 1.165) is 36.5 Å². The molecule has 0 amide bonds. The Bertz CT molecular complexity index is 749. The highest BCUT2D eigenvalue weighted by Gasteiger charge is 2.33. The summed E-state index contributed by atoms with van der Waals surface area (Å²) in [6.07, 6.45) is 1.23. The normalized spacial score (nSPS) is 23.0. The lowest BCUT2D eigenvalue weighted by Gasteiger charge is -2.35. The summed E-state index contributed by atoms with van der Waals surface area (Å²) in [5.74, 6) is 1.98. The first kappa shape index (κ1) is 13.6. The van der Waals surface area contributed by atoms with Crippen LogP contribution in [0, 0.1) is 5.92 Å². The standard InChI is InChI=1S/C18H20N2O2/c1-22-15-4-2-13(3-5-15)16-6-7-17-14-8-12(9-19-10-14)11-20(17)18(16)21/h2-7,12,14,19H,8-11H2,1H3/p+1/t12-,14+/m0/s1. The molecule has 2 aliphatic rings. The van der Waals surface area contributed by atoms with Crippen molar-refractivity contribution in [1.29, 1.82) is 0 Å². The summed E-state index contributed by atoms with van der Waals surface area (Å²) in [6.45, 7) is 3.12. The van der Waals surface area contributed by atoms with Gasteiger partial charge in [-0.3, -0.25) is 4.79 Å². The number of hydrogen-bond donors (Lipinski definition) is 1. The van der Waals surface area contributed by atoms with Crippen LogP contribution in [0.3, 0.4) is 0 Å². The van der Waals surface area contributed by atoms with Crippen LogP contribution in [-0.2, 0) is 6.54 Å². The summed E-state index contributed by atoms with van der Waals surface area (Å²) in [5.41, 5.74) is 3.12. The predicted molar refractivity (Wildman–Crippen MR) is 85.2 cm³/mol. The SMILES string of the molecule is COc1ccc(-c2ccc3n(c2=O)C[C@@H]2C[NH2+]C[C@H]3C2)cc1. The molecule has 2 aromatic rings. The number of nitrogens with zero attached hydrogens (tertiary/aromatic N) is 1. The third-order valence-corrected chi connectivity index (χ3v) is 5.04. The molecule has 4 nitrogen and oxygen atoms in total. The maximum Gasteiger partial charge on any atom is 0.258 e. The van der Waals surface area contributed by atoms with Crippen molar-refractivity contribution >= 4 is 0 Å². The van der Waals surface area contributed by atoms with Gasteiger partial charge in [0.2, 0.25) is 0 Å². The first-order chi connectivity index (χ1) is 10.8. The number of piperidine rings is 1. The smallest absolute Gasteiger partial charge is 0.258 e. The average molecular weight is 297 g/mol. The van der Waals surface area contributed by atoms with Gasteiger partial charge in [-0.05, 0) is 36.2 Å². The second-order valence-electron chi connectivity index (χ2n) is 6.37. The van der Waals surface area contributed by atoms with Gasteiger partial charge in [-0.25, -0.2) is 0 Å². The number of quaternary nitrogens is 1. The lowest BCUT2D eigenvalue weighted by Crippen LogP contribution is -2.89. The molecule has 0 saturated carbocycles. The molecule has 114 valence electrons. The molecule has 0 unspecified atom stereocenters. The van der Waals surface area contributed by atoms with Crippen LogP contribution in [0.2, 0.25) is 0 Å². The number of nitrogens with two attached hydrogens (primary N) is 1. The molecule has 4 rings (SSSR count). The zero-order chi connectivity index (χ0) is 15.1. The largest absolute Gasteiger partial charge is 0.497 e. The van der Waals surface area contributed by atoms with Gasteiger partial charge in [0.05, 0.1) is 20.2 Å². The highest BCUT2D eigenvalue weighted by molar-refractivity contribution is 5.63. The molecule has 0 radical (unpaired) electrons. The second kappa shape index (κ2) is 5.29. The average Bonchev–Trinajstić information content (AvgIpc) is 2.56. The Balaban J connectivity index is 1.79. The van der Waals surface area contributed by atoms with E-state index in [4.69, 9.17) is 4.74 Å². The quantitative estimate of drug-likeness (QED) is 0.905. The minimum absolute atomic E-state index is 0.152. The highest BCUT2D eigenvalue weighted by Crippen LogP contribution is 2.31. The zero-order valence-electron chi connectivity index (χ0n) is 12.8. The van der Waals surface area contributed by atoms with Crippen LogP contribution in [0.5, 0.6) is 5.75 Å². The Hall–Kier alpha value is -2.07. The van der Waals surface area contributed by atoms with Crippen LogP contribution in [0.25, 0.3) is 11.1 Å². The Morgan fingerprint density at radius 2 is 1.95 bits per heavy atom. The van der Waals surface area contributed by atoms with E-state index in [-0.39, 0.29) is 5.56 Å². The summed E-state index contributed by atoms with van der Waals surface area (Å²) < 4.78 is 7.21. The van der Waals surface area contributed by atoms with Crippen molar-refractivity contribution in [1.82, 2.24) is 4.57 Å². The van der Waals surface area contributed by atoms with Gasteiger partial charge in [0.25, 0.3) is 5.56 Å². The van der Waals surface area contributed by atoms with E-state index >= 15 is 0 Å². The van der Waals surface area contributed by atoms with Gasteiger partial charge in [0, 0.05) is 29.6 Å². The van der Waals surface area contributed by atoms with Crippen molar-refractivity contribution in [3.05, 3.63) is 52.4 Å². The van der Waals surface area contributed by atoms with Crippen LogP contribution in [0.1, 0.15) is 18.0 Å². The Morgan fingerprint density at radius 3 is 2.73 bits per heavy atom. The van der Waals surface area contributed by atoms with E-state index in [0.29, 0.717) is 11.8 Å². The second-order valence-corrected chi connectivity index (χ2v) is 6.37. The maximum absolute atomic E-state index is 12.9. The number of aromatic nitrogens is 1. The summed E-state index contributed by atoms with van der Waals surface area (Å²) in [4.78, 5) is 12.9. The van der Waals surface area contributed by atoms with E-state index in [2.05, 4.69) is 11.4 Å². The minimum atomic E-state index is 0.152. The molecule has 1 saturated heterocycles. The number of methoxy groups -OCH3 is 1. The highest BCUT2D eigenvalue weighted by atomic mass is 16.5. The Morgan fingerprint density at radius 1 is 1.14 bits per heavy atom. The fraction of sp³-hybridized carbons (Fsp3) is 0.389. The number of pyridine rings is 1. The fourth-order valence-corrected chi connectivity index (χ4v) is 3.90. The lowest BCUT2D eigenvalue weighted by atomic mass is 9.84. The molecule has 2 bridgehead atoms.